The van der Waals surface area contributed by atoms with Crippen LogP contribution < -0.4 is 4.74 Å². The van der Waals surface area contributed by atoms with Gasteiger partial charge in [-0.05, 0) is 17.7 Å². The van der Waals surface area contributed by atoms with Crippen molar-refractivity contribution in [2.75, 3.05) is 59.7 Å². The minimum atomic E-state index is 0.150. The molecule has 1 aliphatic heterocycles. The van der Waals surface area contributed by atoms with E-state index in [2.05, 4.69) is 9.80 Å². The van der Waals surface area contributed by atoms with Crippen molar-refractivity contribution < 1.29 is 14.6 Å². The summed E-state index contributed by atoms with van der Waals surface area (Å²) >= 11 is 6.31. The maximum atomic E-state index is 9.27. The monoisotopic (exact) mass is 328 g/mol. The SMILES string of the molecule is COc1ccc(CN(CCO)CCN2CCOCC2)c(Cl)c1. The average Bonchev–Trinajstić information content (AvgIpc) is 2.55. The van der Waals surface area contributed by atoms with E-state index in [1.54, 1.807) is 7.11 Å². The Balaban J connectivity index is 1.89. The predicted molar refractivity (Wildman–Crippen MR) is 87.6 cm³/mol. The van der Waals surface area contributed by atoms with Gasteiger partial charge in [-0.15, -0.1) is 0 Å². The Labute approximate surface area is 137 Å². The van der Waals surface area contributed by atoms with Crippen molar-refractivity contribution in [2.24, 2.45) is 0 Å². The fourth-order valence-corrected chi connectivity index (χ4v) is 2.77. The van der Waals surface area contributed by atoms with Crippen LogP contribution >= 0.6 is 11.6 Å². The zero-order valence-electron chi connectivity index (χ0n) is 13.1. The standard InChI is InChI=1S/C16H25ClN2O3/c1-21-15-3-2-14(16(17)12-15)13-19(6-9-20)5-4-18-7-10-22-11-8-18/h2-3,12,20H,4-11,13H2,1H3. The third-order valence-electron chi connectivity index (χ3n) is 3.91. The van der Waals surface area contributed by atoms with E-state index >= 15 is 0 Å². The normalized spacial score (nSPS) is 16.2. The van der Waals surface area contributed by atoms with Crippen LogP contribution in [0.4, 0.5) is 0 Å². The third-order valence-corrected chi connectivity index (χ3v) is 4.26. The molecule has 0 bridgehead atoms. The molecular weight excluding hydrogens is 304 g/mol. The summed E-state index contributed by atoms with van der Waals surface area (Å²) in [5.41, 5.74) is 1.05. The van der Waals surface area contributed by atoms with Gasteiger partial charge in [-0.2, -0.15) is 0 Å². The zero-order chi connectivity index (χ0) is 15.8. The van der Waals surface area contributed by atoms with Gasteiger partial charge in [-0.1, -0.05) is 17.7 Å². The van der Waals surface area contributed by atoms with Crippen molar-refractivity contribution in [1.82, 2.24) is 9.80 Å². The zero-order valence-corrected chi connectivity index (χ0v) is 13.9. The van der Waals surface area contributed by atoms with Crippen LogP contribution in [0.25, 0.3) is 0 Å². The number of halogens is 1. The number of aliphatic hydroxyl groups is 1. The summed E-state index contributed by atoms with van der Waals surface area (Å²) in [4.78, 5) is 4.62. The smallest absolute Gasteiger partial charge is 0.120 e. The van der Waals surface area contributed by atoms with Crippen LogP contribution in [0.3, 0.4) is 0 Å². The maximum Gasteiger partial charge on any atom is 0.120 e. The number of benzene rings is 1. The molecular formula is C16H25ClN2O3. The molecule has 0 aromatic heterocycles. The van der Waals surface area contributed by atoms with Gasteiger partial charge in [0.25, 0.3) is 0 Å². The topological polar surface area (TPSA) is 45.2 Å². The number of morpholine rings is 1. The summed E-state index contributed by atoms with van der Waals surface area (Å²) in [5, 5.41) is 9.98. The summed E-state index contributed by atoms with van der Waals surface area (Å²) in [6, 6.07) is 5.73. The van der Waals surface area contributed by atoms with Gasteiger partial charge in [0.1, 0.15) is 5.75 Å². The summed E-state index contributed by atoms with van der Waals surface area (Å²) < 4.78 is 10.5. The van der Waals surface area contributed by atoms with E-state index in [1.165, 1.54) is 0 Å². The second-order valence-electron chi connectivity index (χ2n) is 5.41. The van der Waals surface area contributed by atoms with Gasteiger partial charge < -0.3 is 14.6 Å². The predicted octanol–water partition coefficient (Wildman–Crippen LogP) is 1.48. The number of nitrogens with zero attached hydrogens (tertiary/aromatic N) is 2. The molecule has 0 spiro atoms. The maximum absolute atomic E-state index is 9.27. The first-order valence-electron chi connectivity index (χ1n) is 7.68. The van der Waals surface area contributed by atoms with Crippen molar-refractivity contribution in [3.05, 3.63) is 28.8 Å². The first-order chi connectivity index (χ1) is 10.7. The summed E-state index contributed by atoms with van der Waals surface area (Å²) in [5.74, 6) is 0.760. The van der Waals surface area contributed by atoms with Crippen molar-refractivity contribution in [3.8, 4) is 5.75 Å². The van der Waals surface area contributed by atoms with Crippen molar-refractivity contribution in [3.63, 3.8) is 0 Å². The van der Waals surface area contributed by atoms with Crippen LogP contribution in [-0.2, 0) is 11.3 Å². The summed E-state index contributed by atoms with van der Waals surface area (Å²) in [6.07, 6.45) is 0. The highest BCUT2D eigenvalue weighted by molar-refractivity contribution is 6.31. The second-order valence-corrected chi connectivity index (χ2v) is 5.82. The lowest BCUT2D eigenvalue weighted by molar-refractivity contribution is 0.0320. The first kappa shape index (κ1) is 17.5. The van der Waals surface area contributed by atoms with Crippen LogP contribution in [0.15, 0.2) is 18.2 Å². The molecule has 1 saturated heterocycles. The molecule has 0 radical (unpaired) electrons. The average molecular weight is 329 g/mol. The molecule has 6 heteroatoms. The highest BCUT2D eigenvalue weighted by Crippen LogP contribution is 2.23. The number of rotatable bonds is 8. The highest BCUT2D eigenvalue weighted by atomic mass is 35.5. The fraction of sp³-hybridized carbons (Fsp3) is 0.625. The molecule has 1 heterocycles. The van der Waals surface area contributed by atoms with Crippen LogP contribution in [-0.4, -0.2) is 74.6 Å². The van der Waals surface area contributed by atoms with Gasteiger partial charge in [0.2, 0.25) is 0 Å². The number of aliphatic hydroxyl groups excluding tert-OH is 1. The summed E-state index contributed by atoms with van der Waals surface area (Å²) in [7, 11) is 1.63. The van der Waals surface area contributed by atoms with Gasteiger partial charge in [0, 0.05) is 44.3 Å². The van der Waals surface area contributed by atoms with Gasteiger partial charge in [-0.25, -0.2) is 0 Å². The number of ether oxygens (including phenoxy) is 2. The quantitative estimate of drug-likeness (QED) is 0.783. The minimum Gasteiger partial charge on any atom is -0.497 e. The Bertz CT molecular complexity index is 453. The van der Waals surface area contributed by atoms with Crippen molar-refractivity contribution in [1.29, 1.82) is 0 Å². The second kappa shape index (κ2) is 9.33. The minimum absolute atomic E-state index is 0.150. The summed E-state index contributed by atoms with van der Waals surface area (Å²) in [6.45, 7) is 7.00. The lowest BCUT2D eigenvalue weighted by Gasteiger charge is -2.30. The first-order valence-corrected chi connectivity index (χ1v) is 8.06. The Morgan fingerprint density at radius 2 is 2.09 bits per heavy atom. The Hall–Kier alpha value is -0.850. The van der Waals surface area contributed by atoms with Crippen molar-refractivity contribution in [2.45, 2.75) is 6.54 Å². The van der Waals surface area contributed by atoms with E-state index in [0.29, 0.717) is 11.6 Å². The van der Waals surface area contributed by atoms with Gasteiger partial charge in [-0.3, -0.25) is 9.80 Å². The van der Waals surface area contributed by atoms with E-state index in [0.717, 1.165) is 57.3 Å². The third kappa shape index (κ3) is 5.41. The van der Waals surface area contributed by atoms with E-state index in [4.69, 9.17) is 21.1 Å². The molecule has 5 nitrogen and oxygen atoms in total. The molecule has 1 N–H and O–H groups in total. The molecule has 0 saturated carbocycles. The Morgan fingerprint density at radius 1 is 1.32 bits per heavy atom. The Kier molecular flexibility index (Phi) is 7.42. The van der Waals surface area contributed by atoms with Crippen LogP contribution in [0.1, 0.15) is 5.56 Å². The molecule has 1 aromatic carbocycles. The van der Waals surface area contributed by atoms with Gasteiger partial charge >= 0.3 is 0 Å². The van der Waals surface area contributed by atoms with Crippen molar-refractivity contribution >= 4 is 11.6 Å². The van der Waals surface area contributed by atoms with E-state index in [1.807, 2.05) is 18.2 Å². The van der Waals surface area contributed by atoms with Crippen LogP contribution in [0, 0.1) is 0 Å². The van der Waals surface area contributed by atoms with Gasteiger partial charge in [0.15, 0.2) is 0 Å². The highest BCUT2D eigenvalue weighted by Gasteiger charge is 2.13. The van der Waals surface area contributed by atoms with E-state index < -0.39 is 0 Å². The largest absolute Gasteiger partial charge is 0.497 e. The number of methoxy groups -OCH3 is 1. The molecule has 1 aromatic rings. The van der Waals surface area contributed by atoms with Crippen LogP contribution in [0.2, 0.25) is 5.02 Å². The fourth-order valence-electron chi connectivity index (χ4n) is 2.54. The van der Waals surface area contributed by atoms with E-state index in [9.17, 15) is 5.11 Å². The van der Waals surface area contributed by atoms with E-state index in [-0.39, 0.29) is 6.61 Å². The lowest BCUT2D eigenvalue weighted by atomic mass is 10.2. The molecule has 0 atom stereocenters. The molecule has 0 aliphatic carbocycles. The number of hydrogen-bond acceptors (Lipinski definition) is 5. The Morgan fingerprint density at radius 3 is 2.73 bits per heavy atom. The molecule has 1 aliphatic rings. The van der Waals surface area contributed by atoms with Gasteiger partial charge in [0.05, 0.1) is 26.9 Å². The molecule has 22 heavy (non-hydrogen) atoms. The molecule has 124 valence electrons. The molecule has 0 amide bonds. The lowest BCUT2D eigenvalue weighted by Crippen LogP contribution is -2.41. The van der Waals surface area contributed by atoms with Crippen LogP contribution in [0.5, 0.6) is 5.75 Å². The molecule has 1 fully saturated rings. The molecule has 0 unspecified atom stereocenters. The number of hydrogen-bond donors (Lipinski definition) is 1. The molecule has 2 rings (SSSR count).